The molecule has 1 fully saturated rings. The summed E-state index contributed by atoms with van der Waals surface area (Å²) >= 11 is 0. The molecular weight excluding hydrogens is 214 g/mol. The van der Waals surface area contributed by atoms with E-state index in [4.69, 9.17) is 0 Å². The molecule has 16 heavy (non-hydrogen) atoms. The fourth-order valence-electron chi connectivity index (χ4n) is 1.75. The van der Waals surface area contributed by atoms with E-state index in [0.29, 0.717) is 13.1 Å². The van der Waals surface area contributed by atoms with Gasteiger partial charge >= 0.3 is 6.03 Å². The van der Waals surface area contributed by atoms with Gasteiger partial charge in [0.2, 0.25) is 0 Å². The maximum atomic E-state index is 12.9. The Kier molecular flexibility index (Phi) is 3.03. The van der Waals surface area contributed by atoms with Crippen LogP contribution in [0.5, 0.6) is 0 Å². The highest BCUT2D eigenvalue weighted by Crippen LogP contribution is 2.15. The first-order valence-corrected chi connectivity index (χ1v) is 5.17. The van der Waals surface area contributed by atoms with Crippen molar-refractivity contribution in [3.8, 4) is 0 Å². The molecule has 0 aromatic heterocycles. The summed E-state index contributed by atoms with van der Waals surface area (Å²) in [4.78, 5) is 13.2. The SMILES string of the molecule is O=C(Nc1cc(F)cc(F)c1)N1CCCC1. The van der Waals surface area contributed by atoms with Crippen molar-refractivity contribution >= 4 is 11.7 Å². The van der Waals surface area contributed by atoms with Gasteiger partial charge in [-0.25, -0.2) is 13.6 Å². The smallest absolute Gasteiger partial charge is 0.321 e. The summed E-state index contributed by atoms with van der Waals surface area (Å²) in [7, 11) is 0. The van der Waals surface area contributed by atoms with Crippen LogP contribution in [-0.4, -0.2) is 24.0 Å². The molecule has 86 valence electrons. The van der Waals surface area contributed by atoms with Gasteiger partial charge in [-0.15, -0.1) is 0 Å². The van der Waals surface area contributed by atoms with Crippen LogP contribution in [0.3, 0.4) is 0 Å². The molecule has 5 heteroatoms. The predicted molar refractivity (Wildman–Crippen MR) is 56.2 cm³/mol. The van der Waals surface area contributed by atoms with Gasteiger partial charge in [-0.3, -0.25) is 0 Å². The Bertz CT molecular complexity index is 383. The molecule has 3 nitrogen and oxygen atoms in total. The predicted octanol–water partition coefficient (Wildman–Crippen LogP) is 2.59. The molecule has 1 N–H and O–H groups in total. The van der Waals surface area contributed by atoms with Crippen molar-refractivity contribution < 1.29 is 13.6 Å². The summed E-state index contributed by atoms with van der Waals surface area (Å²) in [6.07, 6.45) is 1.95. The third kappa shape index (κ3) is 2.48. The Morgan fingerprint density at radius 1 is 1.12 bits per heavy atom. The van der Waals surface area contributed by atoms with E-state index < -0.39 is 11.6 Å². The number of hydrogen-bond acceptors (Lipinski definition) is 1. The number of benzene rings is 1. The standard InChI is InChI=1S/C11H12F2N2O/c12-8-5-9(13)7-10(6-8)14-11(16)15-3-1-2-4-15/h5-7H,1-4H2,(H,14,16). The zero-order valence-electron chi connectivity index (χ0n) is 8.67. The largest absolute Gasteiger partial charge is 0.325 e. The Morgan fingerprint density at radius 2 is 1.69 bits per heavy atom. The molecule has 0 aliphatic carbocycles. The maximum Gasteiger partial charge on any atom is 0.321 e. The van der Waals surface area contributed by atoms with Crippen LogP contribution in [0.15, 0.2) is 18.2 Å². The highest BCUT2D eigenvalue weighted by atomic mass is 19.1. The molecule has 0 spiro atoms. The number of urea groups is 1. The van der Waals surface area contributed by atoms with E-state index in [0.717, 1.165) is 31.0 Å². The van der Waals surface area contributed by atoms with Crippen LogP contribution in [0.25, 0.3) is 0 Å². The summed E-state index contributed by atoms with van der Waals surface area (Å²) < 4.78 is 25.7. The summed E-state index contributed by atoms with van der Waals surface area (Å²) in [6, 6.07) is 2.65. The molecule has 0 bridgehead atoms. The fourth-order valence-corrected chi connectivity index (χ4v) is 1.75. The van der Waals surface area contributed by atoms with Gasteiger partial charge in [0.25, 0.3) is 0 Å². The lowest BCUT2D eigenvalue weighted by Gasteiger charge is -2.16. The average Bonchev–Trinajstić information content (AvgIpc) is 2.68. The van der Waals surface area contributed by atoms with E-state index in [9.17, 15) is 13.6 Å². The number of anilines is 1. The highest BCUT2D eigenvalue weighted by Gasteiger charge is 2.17. The maximum absolute atomic E-state index is 12.9. The third-order valence-electron chi connectivity index (χ3n) is 2.51. The van der Waals surface area contributed by atoms with E-state index in [1.54, 1.807) is 4.90 Å². The van der Waals surface area contributed by atoms with E-state index in [1.165, 1.54) is 0 Å². The normalized spacial score (nSPS) is 15.2. The second-order valence-electron chi connectivity index (χ2n) is 3.78. The summed E-state index contributed by atoms with van der Waals surface area (Å²) in [5.74, 6) is -1.39. The summed E-state index contributed by atoms with van der Waals surface area (Å²) in [5.41, 5.74) is 0.148. The second kappa shape index (κ2) is 4.47. The third-order valence-corrected chi connectivity index (χ3v) is 2.51. The van der Waals surface area contributed by atoms with Crippen molar-refractivity contribution in [2.24, 2.45) is 0 Å². The second-order valence-corrected chi connectivity index (χ2v) is 3.78. The van der Waals surface area contributed by atoms with Crippen LogP contribution in [0.2, 0.25) is 0 Å². The molecule has 1 aromatic rings. The number of amides is 2. The minimum Gasteiger partial charge on any atom is -0.325 e. The number of carbonyl (C=O) groups is 1. The molecule has 0 radical (unpaired) electrons. The molecule has 1 saturated heterocycles. The van der Waals surface area contributed by atoms with Gasteiger partial charge in [0.15, 0.2) is 0 Å². The first kappa shape index (κ1) is 10.9. The summed E-state index contributed by atoms with van der Waals surface area (Å²) in [6.45, 7) is 1.40. The molecule has 1 aromatic carbocycles. The van der Waals surface area contributed by atoms with Crippen molar-refractivity contribution in [2.45, 2.75) is 12.8 Å². The van der Waals surface area contributed by atoms with Gasteiger partial charge in [-0.1, -0.05) is 0 Å². The molecule has 2 amide bonds. The molecule has 1 heterocycles. The van der Waals surface area contributed by atoms with Crippen LogP contribution in [0.4, 0.5) is 19.3 Å². The Balaban J connectivity index is 2.05. The fraction of sp³-hybridized carbons (Fsp3) is 0.364. The number of hydrogen-bond donors (Lipinski definition) is 1. The Morgan fingerprint density at radius 3 is 2.25 bits per heavy atom. The van der Waals surface area contributed by atoms with Gasteiger partial charge in [-0.2, -0.15) is 0 Å². The van der Waals surface area contributed by atoms with Gasteiger partial charge in [0, 0.05) is 24.8 Å². The van der Waals surface area contributed by atoms with Crippen LogP contribution in [-0.2, 0) is 0 Å². The van der Waals surface area contributed by atoms with Crippen molar-refractivity contribution in [1.29, 1.82) is 0 Å². The number of carbonyl (C=O) groups excluding carboxylic acids is 1. The molecular formula is C11H12F2N2O. The Labute approximate surface area is 92.1 Å². The molecule has 0 saturated carbocycles. The molecule has 1 aliphatic rings. The zero-order valence-corrected chi connectivity index (χ0v) is 8.67. The van der Waals surface area contributed by atoms with Crippen LogP contribution in [0.1, 0.15) is 12.8 Å². The minimum atomic E-state index is -0.697. The van der Waals surface area contributed by atoms with Crippen LogP contribution >= 0.6 is 0 Å². The number of likely N-dealkylation sites (tertiary alicyclic amines) is 1. The van der Waals surface area contributed by atoms with E-state index in [-0.39, 0.29) is 11.7 Å². The van der Waals surface area contributed by atoms with Gasteiger partial charge in [-0.05, 0) is 25.0 Å². The number of nitrogens with one attached hydrogen (secondary N) is 1. The molecule has 2 rings (SSSR count). The Hall–Kier alpha value is -1.65. The van der Waals surface area contributed by atoms with Crippen LogP contribution < -0.4 is 5.32 Å². The molecule has 0 atom stereocenters. The first-order valence-electron chi connectivity index (χ1n) is 5.17. The molecule has 0 unspecified atom stereocenters. The van der Waals surface area contributed by atoms with Crippen LogP contribution in [0, 0.1) is 11.6 Å². The zero-order chi connectivity index (χ0) is 11.5. The monoisotopic (exact) mass is 226 g/mol. The first-order chi connectivity index (χ1) is 7.65. The van der Waals surface area contributed by atoms with Gasteiger partial charge in [0.05, 0.1) is 0 Å². The van der Waals surface area contributed by atoms with E-state index >= 15 is 0 Å². The molecule has 1 aliphatic heterocycles. The van der Waals surface area contributed by atoms with Crippen molar-refractivity contribution in [1.82, 2.24) is 4.90 Å². The van der Waals surface area contributed by atoms with Gasteiger partial charge in [0.1, 0.15) is 11.6 Å². The quantitative estimate of drug-likeness (QED) is 0.784. The minimum absolute atomic E-state index is 0.148. The van der Waals surface area contributed by atoms with Crippen molar-refractivity contribution in [2.75, 3.05) is 18.4 Å². The number of nitrogens with zero attached hydrogens (tertiary/aromatic N) is 1. The lowest BCUT2D eigenvalue weighted by Crippen LogP contribution is -2.32. The average molecular weight is 226 g/mol. The summed E-state index contributed by atoms with van der Waals surface area (Å²) in [5, 5.41) is 2.47. The van der Waals surface area contributed by atoms with Gasteiger partial charge < -0.3 is 10.2 Å². The topological polar surface area (TPSA) is 32.3 Å². The number of rotatable bonds is 1. The van der Waals surface area contributed by atoms with E-state index in [2.05, 4.69) is 5.32 Å². The lowest BCUT2D eigenvalue weighted by atomic mass is 10.3. The number of halogens is 2. The van der Waals surface area contributed by atoms with Crippen molar-refractivity contribution in [3.05, 3.63) is 29.8 Å². The van der Waals surface area contributed by atoms with E-state index in [1.807, 2.05) is 0 Å². The lowest BCUT2D eigenvalue weighted by molar-refractivity contribution is 0.222. The highest BCUT2D eigenvalue weighted by molar-refractivity contribution is 5.89. The van der Waals surface area contributed by atoms with Crippen molar-refractivity contribution in [3.63, 3.8) is 0 Å².